The Bertz CT molecular complexity index is 688. The van der Waals surface area contributed by atoms with Crippen molar-refractivity contribution in [3.63, 3.8) is 0 Å². The number of carboxylic acid groups (broad SMARTS) is 2. The molecule has 0 aromatic rings. The fourth-order valence-electron chi connectivity index (χ4n) is 3.90. The number of carbonyl (C=O) groups is 2. The SMILES string of the molecule is CCCCC/C=C\C/C=C\C/C=C\C/C=C\CCCC(CCCC(=O)O)(CCCC(=O)O)[N+](=O)[O-]. The molecule has 198 valence electrons. The summed E-state index contributed by atoms with van der Waals surface area (Å²) in [6.45, 7) is 2.21. The van der Waals surface area contributed by atoms with Gasteiger partial charge in [0.05, 0.1) is 0 Å². The molecular weight excluding hydrogens is 446 g/mol. The molecule has 2 N–H and O–H groups in total. The second kappa shape index (κ2) is 21.8. The van der Waals surface area contributed by atoms with Gasteiger partial charge in [-0.3, -0.25) is 19.7 Å². The topological polar surface area (TPSA) is 118 Å². The fraction of sp³-hybridized carbons (Fsp3) is 0.643. The molecule has 0 amide bonds. The van der Waals surface area contributed by atoms with Gasteiger partial charge in [0.15, 0.2) is 0 Å². The van der Waals surface area contributed by atoms with Gasteiger partial charge < -0.3 is 10.2 Å². The van der Waals surface area contributed by atoms with Crippen molar-refractivity contribution in [2.45, 2.75) is 115 Å². The molecule has 0 fully saturated rings. The van der Waals surface area contributed by atoms with Crippen molar-refractivity contribution in [3.05, 3.63) is 58.7 Å². The highest BCUT2D eigenvalue weighted by Gasteiger charge is 2.41. The van der Waals surface area contributed by atoms with Crippen molar-refractivity contribution in [2.75, 3.05) is 0 Å². The third-order valence-electron chi connectivity index (χ3n) is 5.92. The maximum absolute atomic E-state index is 11.9. The highest BCUT2D eigenvalue weighted by molar-refractivity contribution is 5.66. The first-order valence-corrected chi connectivity index (χ1v) is 13.0. The Morgan fingerprint density at radius 2 is 1.09 bits per heavy atom. The van der Waals surface area contributed by atoms with E-state index in [0.717, 1.165) is 25.7 Å². The Labute approximate surface area is 210 Å². The normalized spacial score (nSPS) is 12.5. The second-order valence-electron chi connectivity index (χ2n) is 8.96. The average molecular weight is 492 g/mol. The molecule has 7 heteroatoms. The van der Waals surface area contributed by atoms with Crippen LogP contribution in [0.3, 0.4) is 0 Å². The molecule has 0 aliphatic carbocycles. The zero-order valence-electron chi connectivity index (χ0n) is 21.4. The van der Waals surface area contributed by atoms with Crippen LogP contribution in [-0.2, 0) is 9.59 Å². The van der Waals surface area contributed by atoms with E-state index < -0.39 is 17.5 Å². The summed E-state index contributed by atoms with van der Waals surface area (Å²) in [6.07, 6.45) is 26.8. The quantitative estimate of drug-likeness (QED) is 0.0655. The van der Waals surface area contributed by atoms with Gasteiger partial charge in [0, 0.05) is 37.0 Å². The van der Waals surface area contributed by atoms with Crippen LogP contribution >= 0.6 is 0 Å². The smallest absolute Gasteiger partial charge is 0.303 e. The first-order chi connectivity index (χ1) is 16.8. The molecule has 0 saturated heterocycles. The predicted molar refractivity (Wildman–Crippen MR) is 141 cm³/mol. The molecule has 0 rings (SSSR count). The molecule has 0 bridgehead atoms. The van der Waals surface area contributed by atoms with Gasteiger partial charge >= 0.3 is 11.9 Å². The summed E-state index contributed by atoms with van der Waals surface area (Å²) in [7, 11) is 0. The second-order valence-corrected chi connectivity index (χ2v) is 8.96. The lowest BCUT2D eigenvalue weighted by molar-refractivity contribution is -0.574. The average Bonchev–Trinajstić information content (AvgIpc) is 2.80. The lowest BCUT2D eigenvalue weighted by atomic mass is 9.83. The van der Waals surface area contributed by atoms with Crippen LogP contribution in [0.2, 0.25) is 0 Å². The van der Waals surface area contributed by atoms with Crippen LogP contribution in [0.15, 0.2) is 48.6 Å². The number of nitro groups is 1. The summed E-state index contributed by atoms with van der Waals surface area (Å²) in [5.74, 6) is -1.96. The molecule has 0 atom stereocenters. The van der Waals surface area contributed by atoms with E-state index in [1.54, 1.807) is 0 Å². The summed E-state index contributed by atoms with van der Waals surface area (Å²) >= 11 is 0. The number of hydrogen-bond donors (Lipinski definition) is 2. The van der Waals surface area contributed by atoms with Gasteiger partial charge in [-0.2, -0.15) is 0 Å². The van der Waals surface area contributed by atoms with Crippen LogP contribution in [0.5, 0.6) is 0 Å². The molecule has 0 aromatic heterocycles. The third-order valence-corrected chi connectivity index (χ3v) is 5.92. The van der Waals surface area contributed by atoms with E-state index in [4.69, 9.17) is 10.2 Å². The highest BCUT2D eigenvalue weighted by atomic mass is 16.6. The molecule has 0 aromatic carbocycles. The highest BCUT2D eigenvalue weighted by Crippen LogP contribution is 2.31. The fourth-order valence-corrected chi connectivity index (χ4v) is 3.90. The van der Waals surface area contributed by atoms with E-state index in [1.165, 1.54) is 19.3 Å². The maximum atomic E-state index is 11.9. The molecule has 0 saturated carbocycles. The molecule has 35 heavy (non-hydrogen) atoms. The van der Waals surface area contributed by atoms with E-state index in [-0.39, 0.29) is 43.4 Å². The summed E-state index contributed by atoms with van der Waals surface area (Å²) < 4.78 is 0. The van der Waals surface area contributed by atoms with Crippen molar-refractivity contribution in [3.8, 4) is 0 Å². The van der Waals surface area contributed by atoms with Crippen LogP contribution in [0.4, 0.5) is 0 Å². The van der Waals surface area contributed by atoms with Crippen LogP contribution in [0.1, 0.15) is 110 Å². The Morgan fingerprint density at radius 3 is 1.49 bits per heavy atom. The minimum Gasteiger partial charge on any atom is -0.481 e. The molecular formula is C28H45NO6. The van der Waals surface area contributed by atoms with E-state index in [1.807, 2.05) is 12.2 Å². The van der Waals surface area contributed by atoms with Gasteiger partial charge in [0.1, 0.15) is 0 Å². The number of aliphatic carboxylic acids is 2. The van der Waals surface area contributed by atoms with Crippen LogP contribution < -0.4 is 0 Å². The van der Waals surface area contributed by atoms with Gasteiger partial charge in [-0.1, -0.05) is 68.4 Å². The van der Waals surface area contributed by atoms with Gasteiger partial charge in [-0.25, -0.2) is 0 Å². The summed E-state index contributed by atoms with van der Waals surface area (Å²) in [5.41, 5.74) is -1.25. The Morgan fingerprint density at radius 1 is 0.686 bits per heavy atom. The van der Waals surface area contributed by atoms with Crippen LogP contribution in [0, 0.1) is 10.1 Å². The molecule has 0 aliphatic rings. The standard InChI is InChI=1S/C28H45NO6/c1-2-3-4-5-6-7-8-9-10-11-12-13-14-15-16-17-18-23-28(29(34)35,24-19-21-26(30)31)25-20-22-27(32)33/h6-7,9-10,12-13,15-16H,2-5,8,11,14,17-25H2,1H3,(H,30,31)(H,32,33)/b7-6-,10-9-,13-12-,16-15-. The molecule has 0 heterocycles. The summed E-state index contributed by atoms with van der Waals surface area (Å²) in [4.78, 5) is 33.2. The van der Waals surface area contributed by atoms with Gasteiger partial charge in [-0.05, 0) is 57.8 Å². The van der Waals surface area contributed by atoms with Gasteiger partial charge in [0.25, 0.3) is 0 Å². The first kappa shape index (κ1) is 32.3. The predicted octanol–water partition coefficient (Wildman–Crippen LogP) is 7.66. The Hall–Kier alpha value is -2.70. The van der Waals surface area contributed by atoms with Crippen LogP contribution in [-0.4, -0.2) is 32.6 Å². The number of rotatable bonds is 23. The maximum Gasteiger partial charge on any atom is 0.303 e. The molecule has 0 unspecified atom stereocenters. The van der Waals surface area contributed by atoms with Gasteiger partial charge in [-0.15, -0.1) is 0 Å². The first-order valence-electron chi connectivity index (χ1n) is 13.0. The van der Waals surface area contributed by atoms with Crippen molar-refractivity contribution in [2.24, 2.45) is 0 Å². The van der Waals surface area contributed by atoms with E-state index in [2.05, 4.69) is 43.4 Å². The number of unbranched alkanes of at least 4 members (excludes halogenated alkanes) is 4. The van der Waals surface area contributed by atoms with Crippen molar-refractivity contribution < 1.29 is 24.7 Å². The minimum atomic E-state index is -1.25. The van der Waals surface area contributed by atoms with Crippen molar-refractivity contribution in [1.82, 2.24) is 0 Å². The number of hydrogen-bond acceptors (Lipinski definition) is 4. The summed E-state index contributed by atoms with van der Waals surface area (Å²) in [6, 6.07) is 0. The zero-order chi connectivity index (χ0) is 26.2. The van der Waals surface area contributed by atoms with Crippen LogP contribution in [0.25, 0.3) is 0 Å². The Balaban J connectivity index is 4.32. The molecule has 7 nitrogen and oxygen atoms in total. The minimum absolute atomic E-state index is 0.119. The zero-order valence-corrected chi connectivity index (χ0v) is 21.4. The van der Waals surface area contributed by atoms with Gasteiger partial charge in [0.2, 0.25) is 5.54 Å². The molecule has 0 radical (unpaired) electrons. The Kier molecular flexibility index (Phi) is 20.1. The molecule has 0 aliphatic heterocycles. The largest absolute Gasteiger partial charge is 0.481 e. The number of allylic oxidation sites excluding steroid dienone is 8. The summed E-state index contributed by atoms with van der Waals surface area (Å²) in [5, 5.41) is 29.6. The number of nitrogens with zero attached hydrogens (tertiary/aromatic N) is 1. The number of carboxylic acids is 2. The van der Waals surface area contributed by atoms with Crippen molar-refractivity contribution in [1.29, 1.82) is 0 Å². The van der Waals surface area contributed by atoms with Crippen molar-refractivity contribution >= 4 is 11.9 Å². The third kappa shape index (κ3) is 19.3. The monoisotopic (exact) mass is 491 g/mol. The van der Waals surface area contributed by atoms with E-state index >= 15 is 0 Å². The van der Waals surface area contributed by atoms with E-state index in [0.29, 0.717) is 19.3 Å². The lowest BCUT2D eigenvalue weighted by Crippen LogP contribution is -2.38. The van der Waals surface area contributed by atoms with E-state index in [9.17, 15) is 19.7 Å². The molecule has 0 spiro atoms. The lowest BCUT2D eigenvalue weighted by Gasteiger charge is -2.25.